The van der Waals surface area contributed by atoms with Gasteiger partial charge < -0.3 is 9.47 Å². The van der Waals surface area contributed by atoms with Gasteiger partial charge in [-0.25, -0.2) is 9.97 Å². The van der Waals surface area contributed by atoms with Crippen LogP contribution in [0.25, 0.3) is 5.52 Å². The van der Waals surface area contributed by atoms with Crippen molar-refractivity contribution in [2.45, 2.75) is 37.1 Å². The first-order chi connectivity index (χ1) is 9.55. The summed E-state index contributed by atoms with van der Waals surface area (Å²) in [4.78, 5) is 8.61. The minimum Gasteiger partial charge on any atom is -0.344 e. The molecule has 2 aromatic rings. The molecule has 0 radical (unpaired) electrons. The topological polar surface area (TPSA) is 48.7 Å². The maximum absolute atomic E-state index is 6.10. The van der Waals surface area contributed by atoms with E-state index in [1.807, 2.05) is 36.2 Å². The van der Waals surface area contributed by atoms with E-state index in [-0.39, 0.29) is 17.5 Å². The van der Waals surface area contributed by atoms with Crippen LogP contribution in [0.2, 0.25) is 5.15 Å². The highest BCUT2D eigenvalue weighted by molar-refractivity contribution is 7.99. The molecule has 0 aliphatic carbocycles. The molecular weight excluding hydrogens is 298 g/mol. The highest BCUT2D eigenvalue weighted by Gasteiger charge is 2.51. The average molecular weight is 312 g/mol. The zero-order chi connectivity index (χ0) is 13.9. The summed E-state index contributed by atoms with van der Waals surface area (Å²) in [5.74, 6) is 1.36. The van der Waals surface area contributed by atoms with E-state index in [4.69, 9.17) is 21.1 Å². The molecule has 2 saturated heterocycles. The smallest absolute Gasteiger partial charge is 0.163 e. The highest BCUT2D eigenvalue weighted by Crippen LogP contribution is 2.48. The van der Waals surface area contributed by atoms with Crippen LogP contribution in [0.15, 0.2) is 18.6 Å². The van der Waals surface area contributed by atoms with Crippen LogP contribution < -0.4 is 0 Å². The summed E-state index contributed by atoms with van der Waals surface area (Å²) >= 11 is 7.92. The molecule has 2 aliphatic heterocycles. The Balaban J connectivity index is 1.75. The van der Waals surface area contributed by atoms with Crippen LogP contribution in [0, 0.1) is 0 Å². The Morgan fingerprint density at radius 2 is 2.25 bits per heavy atom. The van der Waals surface area contributed by atoms with Gasteiger partial charge in [-0.1, -0.05) is 11.6 Å². The number of nitrogens with zero attached hydrogens (tertiary/aromatic N) is 3. The summed E-state index contributed by atoms with van der Waals surface area (Å²) in [7, 11) is 0. The second-order valence-corrected chi connectivity index (χ2v) is 7.01. The van der Waals surface area contributed by atoms with Crippen LogP contribution in [0.3, 0.4) is 0 Å². The monoisotopic (exact) mass is 311 g/mol. The molecular formula is C13H14ClN3O2S. The number of imidazole rings is 1. The third kappa shape index (κ3) is 1.86. The first-order valence-electron chi connectivity index (χ1n) is 6.50. The van der Waals surface area contributed by atoms with Crippen molar-refractivity contribution >= 4 is 28.9 Å². The first kappa shape index (κ1) is 12.9. The molecule has 20 heavy (non-hydrogen) atoms. The normalized spacial score (nSPS) is 31.9. The molecule has 0 aromatic carbocycles. The summed E-state index contributed by atoms with van der Waals surface area (Å²) in [5, 5.41) is 0.623. The second-order valence-electron chi connectivity index (χ2n) is 5.48. The van der Waals surface area contributed by atoms with Gasteiger partial charge >= 0.3 is 0 Å². The fourth-order valence-corrected chi connectivity index (χ4v) is 4.48. The second kappa shape index (κ2) is 4.34. The molecule has 2 fully saturated rings. The maximum atomic E-state index is 6.10. The largest absolute Gasteiger partial charge is 0.344 e. The minimum absolute atomic E-state index is 0.0348. The van der Waals surface area contributed by atoms with Gasteiger partial charge in [-0.2, -0.15) is 0 Å². The predicted octanol–water partition coefficient (Wildman–Crippen LogP) is 2.69. The zero-order valence-corrected chi connectivity index (χ0v) is 12.7. The molecule has 3 atom stereocenters. The number of ether oxygens (including phenoxy) is 2. The number of fused-ring (bicyclic) bond motifs is 2. The number of aromatic nitrogens is 3. The van der Waals surface area contributed by atoms with E-state index in [9.17, 15) is 0 Å². The van der Waals surface area contributed by atoms with Crippen molar-refractivity contribution in [2.75, 3.05) is 5.75 Å². The van der Waals surface area contributed by atoms with E-state index in [1.165, 1.54) is 0 Å². The van der Waals surface area contributed by atoms with Crippen LogP contribution in [-0.2, 0) is 9.47 Å². The third-order valence-corrected chi connectivity index (χ3v) is 5.31. The molecule has 0 N–H and O–H groups in total. The van der Waals surface area contributed by atoms with E-state index in [0.29, 0.717) is 5.15 Å². The summed E-state index contributed by atoms with van der Waals surface area (Å²) in [6.07, 6.45) is 5.50. The van der Waals surface area contributed by atoms with E-state index in [2.05, 4.69) is 9.97 Å². The quantitative estimate of drug-likeness (QED) is 0.810. The number of halogens is 1. The van der Waals surface area contributed by atoms with Crippen LogP contribution >= 0.6 is 23.4 Å². The summed E-state index contributed by atoms with van der Waals surface area (Å²) < 4.78 is 14.0. The van der Waals surface area contributed by atoms with E-state index in [0.717, 1.165) is 17.1 Å². The molecule has 0 bridgehead atoms. The van der Waals surface area contributed by atoms with Gasteiger partial charge in [0, 0.05) is 18.1 Å². The van der Waals surface area contributed by atoms with Crippen molar-refractivity contribution in [1.82, 2.24) is 14.4 Å². The lowest BCUT2D eigenvalue weighted by molar-refractivity contribution is -0.145. The number of hydrogen-bond acceptors (Lipinski definition) is 5. The van der Waals surface area contributed by atoms with Crippen LogP contribution in [0.5, 0.6) is 0 Å². The molecule has 4 heterocycles. The van der Waals surface area contributed by atoms with Crippen molar-refractivity contribution in [3.63, 3.8) is 0 Å². The Bertz CT molecular complexity index is 675. The van der Waals surface area contributed by atoms with Gasteiger partial charge in [-0.05, 0) is 13.8 Å². The first-order valence-corrected chi connectivity index (χ1v) is 7.92. The molecule has 0 saturated carbocycles. The summed E-state index contributed by atoms with van der Waals surface area (Å²) in [6.45, 7) is 3.91. The average Bonchev–Trinajstić information content (AvgIpc) is 3.01. The predicted molar refractivity (Wildman–Crippen MR) is 77.0 cm³/mol. The molecule has 0 spiro atoms. The Labute approximate surface area is 125 Å². The third-order valence-electron chi connectivity index (χ3n) is 3.65. The van der Waals surface area contributed by atoms with Crippen LogP contribution in [0.1, 0.15) is 24.9 Å². The fourth-order valence-electron chi connectivity index (χ4n) is 2.89. The summed E-state index contributed by atoms with van der Waals surface area (Å²) in [5.41, 5.74) is 0.825. The van der Waals surface area contributed by atoms with Crippen molar-refractivity contribution in [3.05, 3.63) is 29.6 Å². The maximum Gasteiger partial charge on any atom is 0.163 e. The molecule has 0 unspecified atom stereocenters. The number of hydrogen-bond donors (Lipinski definition) is 0. The lowest BCUT2D eigenvalue weighted by atomic mass is 10.1. The Kier molecular flexibility index (Phi) is 2.79. The molecule has 4 rings (SSSR count). The van der Waals surface area contributed by atoms with Gasteiger partial charge in [-0.15, -0.1) is 11.8 Å². The highest BCUT2D eigenvalue weighted by atomic mass is 35.5. The zero-order valence-electron chi connectivity index (χ0n) is 11.1. The van der Waals surface area contributed by atoms with E-state index in [1.54, 1.807) is 12.4 Å². The van der Waals surface area contributed by atoms with E-state index >= 15 is 0 Å². The number of thioether (sulfide) groups is 1. The Hall–Kier alpha value is -0.820. The Morgan fingerprint density at radius 1 is 1.40 bits per heavy atom. The lowest BCUT2D eigenvalue weighted by Gasteiger charge is -2.21. The van der Waals surface area contributed by atoms with Gasteiger partial charge in [-0.3, -0.25) is 4.40 Å². The van der Waals surface area contributed by atoms with E-state index < -0.39 is 5.79 Å². The van der Waals surface area contributed by atoms with Gasteiger partial charge in [0.25, 0.3) is 0 Å². The standard InChI is InChI=1S/C13H14ClN3O2S/c1-13(2)18-8-6-20-10(9(8)19-13)12-16-5-7-11(14)15-3-4-17(7)12/h3-5,8-10H,6H2,1-2H3/t8-,9-,10-/m1/s1. The number of rotatable bonds is 1. The van der Waals surface area contributed by atoms with Crippen molar-refractivity contribution in [3.8, 4) is 0 Å². The van der Waals surface area contributed by atoms with Crippen molar-refractivity contribution < 1.29 is 9.47 Å². The van der Waals surface area contributed by atoms with Gasteiger partial charge in [0.1, 0.15) is 17.4 Å². The van der Waals surface area contributed by atoms with Crippen molar-refractivity contribution in [2.24, 2.45) is 0 Å². The van der Waals surface area contributed by atoms with Crippen LogP contribution in [-0.4, -0.2) is 38.1 Å². The SMILES string of the molecule is CC1(C)O[C@@H]2[C@@H](CS[C@H]2c2ncc3c(Cl)nccn23)O1. The van der Waals surface area contributed by atoms with Gasteiger partial charge in [0.05, 0.1) is 17.6 Å². The molecule has 2 aromatic heterocycles. The molecule has 7 heteroatoms. The molecule has 5 nitrogen and oxygen atoms in total. The molecule has 106 valence electrons. The summed E-state index contributed by atoms with van der Waals surface area (Å²) in [6, 6.07) is 0. The van der Waals surface area contributed by atoms with Crippen LogP contribution in [0.4, 0.5) is 0 Å². The molecule has 0 amide bonds. The van der Waals surface area contributed by atoms with Gasteiger partial charge in [0.2, 0.25) is 0 Å². The fraction of sp³-hybridized carbons (Fsp3) is 0.538. The van der Waals surface area contributed by atoms with Crippen molar-refractivity contribution in [1.29, 1.82) is 0 Å². The Morgan fingerprint density at radius 3 is 3.10 bits per heavy atom. The van der Waals surface area contributed by atoms with Gasteiger partial charge in [0.15, 0.2) is 10.9 Å². The lowest BCUT2D eigenvalue weighted by Crippen LogP contribution is -2.24. The molecule has 2 aliphatic rings. The minimum atomic E-state index is -0.513.